The van der Waals surface area contributed by atoms with E-state index in [0.717, 1.165) is 26.0 Å². The number of carbonyl (C=O) groups excluding carboxylic acids is 1. The fourth-order valence-corrected chi connectivity index (χ4v) is 1.98. The molecule has 0 spiro atoms. The van der Waals surface area contributed by atoms with Crippen molar-refractivity contribution in [1.29, 1.82) is 0 Å². The van der Waals surface area contributed by atoms with Crippen LogP contribution in [-0.2, 0) is 9.53 Å². The Balaban J connectivity index is 1.45. The Labute approximate surface area is 97.1 Å². The average Bonchev–Trinajstić information content (AvgIpc) is 3.10. The second kappa shape index (κ2) is 6.21. The smallest absolute Gasteiger partial charge is 0.222 e. The van der Waals surface area contributed by atoms with E-state index in [2.05, 4.69) is 10.6 Å². The molecular formula is C12H22N2O2. The van der Waals surface area contributed by atoms with Gasteiger partial charge in [0.1, 0.15) is 0 Å². The number of hydrogen-bond donors (Lipinski definition) is 2. The van der Waals surface area contributed by atoms with Gasteiger partial charge in [0.2, 0.25) is 5.91 Å². The van der Waals surface area contributed by atoms with E-state index in [1.807, 2.05) is 0 Å². The van der Waals surface area contributed by atoms with E-state index in [4.69, 9.17) is 4.74 Å². The van der Waals surface area contributed by atoms with Crippen molar-refractivity contribution < 1.29 is 9.53 Å². The molecule has 1 atom stereocenters. The van der Waals surface area contributed by atoms with Crippen LogP contribution in [-0.4, -0.2) is 37.7 Å². The fourth-order valence-electron chi connectivity index (χ4n) is 1.98. The highest BCUT2D eigenvalue weighted by molar-refractivity contribution is 5.76. The molecule has 1 saturated heterocycles. The summed E-state index contributed by atoms with van der Waals surface area (Å²) in [5.41, 5.74) is 0. The van der Waals surface area contributed by atoms with Gasteiger partial charge in [0.15, 0.2) is 0 Å². The van der Waals surface area contributed by atoms with E-state index in [9.17, 15) is 4.79 Å². The van der Waals surface area contributed by atoms with E-state index < -0.39 is 0 Å². The van der Waals surface area contributed by atoms with Crippen LogP contribution in [0.1, 0.15) is 38.5 Å². The minimum atomic E-state index is 0.138. The summed E-state index contributed by atoms with van der Waals surface area (Å²) in [5.74, 6) is 0.138. The van der Waals surface area contributed by atoms with Crippen molar-refractivity contribution in [2.24, 2.45) is 0 Å². The maximum absolute atomic E-state index is 11.3. The summed E-state index contributed by atoms with van der Waals surface area (Å²) in [5, 5.41) is 6.38. The maximum atomic E-state index is 11.3. The summed E-state index contributed by atoms with van der Waals surface area (Å²) < 4.78 is 5.52. The van der Waals surface area contributed by atoms with E-state index >= 15 is 0 Å². The zero-order valence-corrected chi connectivity index (χ0v) is 9.84. The normalized spacial score (nSPS) is 25.4. The number of amides is 1. The molecule has 0 aromatic rings. The van der Waals surface area contributed by atoms with Gasteiger partial charge in [-0.05, 0) is 32.2 Å². The number of piperidine rings is 1. The van der Waals surface area contributed by atoms with Crippen molar-refractivity contribution >= 4 is 5.91 Å². The third-order valence-electron chi connectivity index (χ3n) is 3.15. The molecule has 2 aliphatic rings. The first kappa shape index (κ1) is 11.9. The standard InChI is InChI=1S/C12H22N2O2/c15-12(14-10-4-5-10)6-8-16-9-11-3-1-2-7-13-11/h10-11,13H,1-9H2,(H,14,15). The second-order valence-electron chi connectivity index (χ2n) is 4.81. The molecule has 1 aliphatic heterocycles. The Bertz CT molecular complexity index is 223. The van der Waals surface area contributed by atoms with Crippen molar-refractivity contribution in [3.05, 3.63) is 0 Å². The van der Waals surface area contributed by atoms with E-state index in [1.165, 1.54) is 19.3 Å². The lowest BCUT2D eigenvalue weighted by Gasteiger charge is -2.23. The Hall–Kier alpha value is -0.610. The maximum Gasteiger partial charge on any atom is 0.222 e. The van der Waals surface area contributed by atoms with Gasteiger partial charge in [-0.3, -0.25) is 4.79 Å². The summed E-state index contributed by atoms with van der Waals surface area (Å²) >= 11 is 0. The molecule has 1 saturated carbocycles. The van der Waals surface area contributed by atoms with E-state index in [0.29, 0.717) is 25.1 Å². The van der Waals surface area contributed by atoms with Gasteiger partial charge in [0.05, 0.1) is 13.2 Å². The van der Waals surface area contributed by atoms with E-state index in [-0.39, 0.29) is 5.91 Å². The molecule has 4 nitrogen and oxygen atoms in total. The van der Waals surface area contributed by atoms with Crippen LogP contribution >= 0.6 is 0 Å². The van der Waals surface area contributed by atoms with Gasteiger partial charge in [-0.1, -0.05) is 6.42 Å². The first-order valence-corrected chi connectivity index (χ1v) is 6.45. The molecule has 92 valence electrons. The van der Waals surface area contributed by atoms with Crippen molar-refractivity contribution in [1.82, 2.24) is 10.6 Å². The first-order valence-electron chi connectivity index (χ1n) is 6.45. The van der Waals surface area contributed by atoms with Crippen LogP contribution in [0.15, 0.2) is 0 Å². The lowest BCUT2D eigenvalue weighted by atomic mass is 10.1. The van der Waals surface area contributed by atoms with Crippen LogP contribution in [0.25, 0.3) is 0 Å². The largest absolute Gasteiger partial charge is 0.379 e. The number of ether oxygens (including phenoxy) is 1. The van der Waals surface area contributed by atoms with Crippen LogP contribution in [0.4, 0.5) is 0 Å². The summed E-state index contributed by atoms with van der Waals surface area (Å²) in [6, 6.07) is 0.966. The predicted molar refractivity (Wildman–Crippen MR) is 62.2 cm³/mol. The minimum Gasteiger partial charge on any atom is -0.379 e. The Morgan fingerprint density at radius 3 is 2.88 bits per heavy atom. The van der Waals surface area contributed by atoms with Gasteiger partial charge in [0, 0.05) is 18.5 Å². The SMILES string of the molecule is O=C(CCOCC1CCCCN1)NC1CC1. The molecule has 0 aromatic heterocycles. The Morgan fingerprint density at radius 2 is 2.19 bits per heavy atom. The van der Waals surface area contributed by atoms with Gasteiger partial charge in [-0.15, -0.1) is 0 Å². The molecule has 4 heteroatoms. The summed E-state index contributed by atoms with van der Waals surface area (Å²) in [7, 11) is 0. The fraction of sp³-hybridized carbons (Fsp3) is 0.917. The Kier molecular flexibility index (Phi) is 4.60. The van der Waals surface area contributed by atoms with Crippen LogP contribution in [0.2, 0.25) is 0 Å². The highest BCUT2D eigenvalue weighted by atomic mass is 16.5. The topological polar surface area (TPSA) is 50.4 Å². The summed E-state index contributed by atoms with van der Waals surface area (Å²) in [4.78, 5) is 11.3. The lowest BCUT2D eigenvalue weighted by Crippen LogP contribution is -2.37. The number of hydrogen-bond acceptors (Lipinski definition) is 3. The molecule has 1 heterocycles. The zero-order valence-electron chi connectivity index (χ0n) is 9.84. The van der Waals surface area contributed by atoms with Crippen molar-refractivity contribution in [2.45, 2.75) is 50.6 Å². The van der Waals surface area contributed by atoms with E-state index in [1.54, 1.807) is 0 Å². The monoisotopic (exact) mass is 226 g/mol. The molecule has 1 aliphatic carbocycles. The number of rotatable bonds is 6. The summed E-state index contributed by atoms with van der Waals surface area (Å²) in [6.45, 7) is 2.41. The quantitative estimate of drug-likeness (QED) is 0.659. The average molecular weight is 226 g/mol. The van der Waals surface area contributed by atoms with Crippen molar-refractivity contribution in [2.75, 3.05) is 19.8 Å². The molecular weight excluding hydrogens is 204 g/mol. The highest BCUT2D eigenvalue weighted by Gasteiger charge is 2.22. The molecule has 2 N–H and O–H groups in total. The van der Waals surface area contributed by atoms with Gasteiger partial charge in [-0.2, -0.15) is 0 Å². The molecule has 1 unspecified atom stereocenters. The minimum absolute atomic E-state index is 0.138. The predicted octanol–water partition coefficient (Wildman–Crippen LogP) is 0.814. The third-order valence-corrected chi connectivity index (χ3v) is 3.15. The lowest BCUT2D eigenvalue weighted by molar-refractivity contribution is -0.122. The number of carbonyl (C=O) groups is 1. The molecule has 0 bridgehead atoms. The Morgan fingerprint density at radius 1 is 1.31 bits per heavy atom. The summed E-state index contributed by atoms with van der Waals surface area (Å²) in [6.07, 6.45) is 6.58. The molecule has 2 fully saturated rings. The molecule has 0 radical (unpaired) electrons. The van der Waals surface area contributed by atoms with Gasteiger partial charge < -0.3 is 15.4 Å². The van der Waals surface area contributed by atoms with Crippen molar-refractivity contribution in [3.63, 3.8) is 0 Å². The molecule has 16 heavy (non-hydrogen) atoms. The highest BCUT2D eigenvalue weighted by Crippen LogP contribution is 2.18. The molecule has 1 amide bonds. The third kappa shape index (κ3) is 4.49. The van der Waals surface area contributed by atoms with Crippen LogP contribution in [0, 0.1) is 0 Å². The van der Waals surface area contributed by atoms with Crippen molar-refractivity contribution in [3.8, 4) is 0 Å². The van der Waals surface area contributed by atoms with Crippen LogP contribution in [0.5, 0.6) is 0 Å². The van der Waals surface area contributed by atoms with Gasteiger partial charge in [-0.25, -0.2) is 0 Å². The molecule has 0 aromatic carbocycles. The second-order valence-corrected chi connectivity index (χ2v) is 4.81. The first-order chi connectivity index (χ1) is 7.84. The van der Waals surface area contributed by atoms with Gasteiger partial charge in [0.25, 0.3) is 0 Å². The molecule has 2 rings (SSSR count). The number of nitrogens with one attached hydrogen (secondary N) is 2. The zero-order chi connectivity index (χ0) is 11.2. The van der Waals surface area contributed by atoms with Crippen LogP contribution in [0.3, 0.4) is 0 Å². The van der Waals surface area contributed by atoms with Crippen LogP contribution < -0.4 is 10.6 Å². The van der Waals surface area contributed by atoms with Gasteiger partial charge >= 0.3 is 0 Å².